The molecule has 2 heterocycles. The molecule has 0 atom stereocenters. The highest BCUT2D eigenvalue weighted by molar-refractivity contribution is 6.06. The number of ether oxygens (including phenoxy) is 1. The first-order valence-corrected chi connectivity index (χ1v) is 9.94. The van der Waals surface area contributed by atoms with Gasteiger partial charge in [0.25, 0.3) is 5.91 Å². The number of nitrogens with zero attached hydrogens (tertiary/aromatic N) is 4. The van der Waals surface area contributed by atoms with Crippen LogP contribution in [0.5, 0.6) is 0 Å². The maximum Gasteiger partial charge on any atom is 0.358 e. The van der Waals surface area contributed by atoms with Crippen LogP contribution in [0.4, 0.5) is 5.82 Å². The first-order chi connectivity index (χ1) is 14.6. The van der Waals surface area contributed by atoms with Gasteiger partial charge in [-0.15, -0.1) is 0 Å². The molecule has 1 amide bonds. The van der Waals surface area contributed by atoms with Crippen LogP contribution in [-0.4, -0.2) is 32.3 Å². The van der Waals surface area contributed by atoms with Gasteiger partial charge >= 0.3 is 5.97 Å². The maximum absolute atomic E-state index is 12.8. The number of carbonyl (C=O) groups is 2. The van der Waals surface area contributed by atoms with Crippen molar-refractivity contribution in [3.63, 3.8) is 0 Å². The Hall–Kier alpha value is -3.73. The summed E-state index contributed by atoms with van der Waals surface area (Å²) >= 11 is 0. The molecule has 1 aliphatic carbocycles. The van der Waals surface area contributed by atoms with Gasteiger partial charge in [-0.2, -0.15) is 5.26 Å². The molecule has 0 unspecified atom stereocenters. The zero-order chi connectivity index (χ0) is 21.1. The summed E-state index contributed by atoms with van der Waals surface area (Å²) in [5.74, 6) is -0.346. The van der Waals surface area contributed by atoms with Gasteiger partial charge in [0.1, 0.15) is 23.5 Å². The lowest BCUT2D eigenvalue weighted by Gasteiger charge is -2.21. The third kappa shape index (κ3) is 3.87. The highest BCUT2D eigenvalue weighted by Crippen LogP contribution is 2.24. The molecule has 1 saturated carbocycles. The van der Waals surface area contributed by atoms with Crippen molar-refractivity contribution in [2.75, 3.05) is 5.32 Å². The molecule has 1 aromatic carbocycles. The van der Waals surface area contributed by atoms with E-state index in [1.165, 1.54) is 6.20 Å². The Kier molecular flexibility index (Phi) is 5.44. The maximum atomic E-state index is 12.8. The van der Waals surface area contributed by atoms with Crippen LogP contribution in [0.15, 0.2) is 36.5 Å². The summed E-state index contributed by atoms with van der Waals surface area (Å²) in [5.41, 5.74) is 0.952. The molecule has 2 aromatic heterocycles. The van der Waals surface area contributed by atoms with Crippen LogP contribution in [0.25, 0.3) is 5.52 Å². The number of nitriles is 1. The summed E-state index contributed by atoms with van der Waals surface area (Å²) < 4.78 is 7.22. The van der Waals surface area contributed by atoms with Crippen LogP contribution in [0.1, 0.15) is 64.5 Å². The predicted molar refractivity (Wildman–Crippen MR) is 109 cm³/mol. The van der Waals surface area contributed by atoms with Gasteiger partial charge < -0.3 is 10.1 Å². The van der Waals surface area contributed by atoms with E-state index in [1.807, 2.05) is 12.1 Å². The van der Waals surface area contributed by atoms with Gasteiger partial charge in [0.2, 0.25) is 0 Å². The van der Waals surface area contributed by atoms with E-state index in [0.717, 1.165) is 32.1 Å². The number of hydrogen-bond donors (Lipinski definition) is 1. The molecular formula is C22H21N5O3. The number of amides is 1. The summed E-state index contributed by atoms with van der Waals surface area (Å²) in [6.07, 6.45) is 6.29. The highest BCUT2D eigenvalue weighted by atomic mass is 16.5. The van der Waals surface area contributed by atoms with E-state index in [0.29, 0.717) is 16.9 Å². The zero-order valence-corrected chi connectivity index (χ0v) is 16.6. The molecule has 30 heavy (non-hydrogen) atoms. The number of benzene rings is 1. The Bertz CT molecular complexity index is 1140. The minimum Gasteiger partial charge on any atom is -0.458 e. The number of carbonyl (C=O) groups excluding carboxylic acids is 2. The standard InChI is InChI=1S/C22H21N5O3/c1-14-24-17(12-23)19-20(26-21(28)15-8-4-2-5-9-15)25-18(13-27(14)19)22(29)30-16-10-6-3-7-11-16/h2,4-5,8-9,13,16H,3,6-7,10-11H2,1H3,(H,25,26,28). The van der Waals surface area contributed by atoms with E-state index >= 15 is 0 Å². The SMILES string of the molecule is Cc1nc(C#N)c2c(NC(=O)c3ccccc3)nc(C(=O)OC3CCCCC3)cn12. The number of aryl methyl sites for hydroxylation is 1. The lowest BCUT2D eigenvalue weighted by atomic mass is 9.98. The number of fused-ring (bicyclic) bond motifs is 1. The van der Waals surface area contributed by atoms with E-state index in [2.05, 4.69) is 15.3 Å². The van der Waals surface area contributed by atoms with Gasteiger partial charge in [-0.25, -0.2) is 14.8 Å². The van der Waals surface area contributed by atoms with Gasteiger partial charge in [0.05, 0.1) is 0 Å². The molecule has 8 heteroatoms. The first kappa shape index (κ1) is 19.6. The van der Waals surface area contributed by atoms with Crippen molar-refractivity contribution in [2.24, 2.45) is 0 Å². The highest BCUT2D eigenvalue weighted by Gasteiger charge is 2.23. The molecule has 0 bridgehead atoms. The summed E-state index contributed by atoms with van der Waals surface area (Å²) in [5, 5.41) is 12.2. The number of aromatic nitrogens is 3. The monoisotopic (exact) mass is 403 g/mol. The van der Waals surface area contributed by atoms with E-state index < -0.39 is 11.9 Å². The van der Waals surface area contributed by atoms with Gasteiger partial charge in [0, 0.05) is 11.8 Å². The summed E-state index contributed by atoms with van der Waals surface area (Å²) in [6.45, 7) is 1.72. The molecule has 1 aliphatic rings. The van der Waals surface area contributed by atoms with Gasteiger partial charge in [-0.1, -0.05) is 24.6 Å². The molecule has 3 aromatic rings. The first-order valence-electron chi connectivity index (χ1n) is 9.94. The van der Waals surface area contributed by atoms with Crippen molar-refractivity contribution in [3.8, 4) is 6.07 Å². The molecule has 0 spiro atoms. The third-order valence-electron chi connectivity index (χ3n) is 5.20. The smallest absolute Gasteiger partial charge is 0.358 e. The van der Waals surface area contributed by atoms with Crippen LogP contribution >= 0.6 is 0 Å². The zero-order valence-electron chi connectivity index (χ0n) is 16.6. The van der Waals surface area contributed by atoms with Crippen molar-refractivity contribution in [1.29, 1.82) is 5.26 Å². The second-order valence-electron chi connectivity index (χ2n) is 7.30. The lowest BCUT2D eigenvalue weighted by Crippen LogP contribution is -2.22. The normalized spacial score (nSPS) is 14.3. The van der Waals surface area contributed by atoms with Crippen molar-refractivity contribution in [2.45, 2.75) is 45.1 Å². The number of hydrogen-bond acceptors (Lipinski definition) is 6. The summed E-state index contributed by atoms with van der Waals surface area (Å²) in [4.78, 5) is 34.0. The molecule has 4 rings (SSSR count). The van der Waals surface area contributed by atoms with Crippen LogP contribution in [0, 0.1) is 18.3 Å². The Morgan fingerprint density at radius 3 is 2.60 bits per heavy atom. The average Bonchev–Trinajstić information content (AvgIpc) is 3.11. The number of esters is 1. The summed E-state index contributed by atoms with van der Waals surface area (Å²) in [7, 11) is 0. The van der Waals surface area contributed by atoms with E-state index in [1.54, 1.807) is 35.6 Å². The van der Waals surface area contributed by atoms with Crippen molar-refractivity contribution < 1.29 is 14.3 Å². The molecular weight excluding hydrogens is 382 g/mol. The Balaban J connectivity index is 1.72. The fourth-order valence-corrected chi connectivity index (χ4v) is 3.68. The second kappa shape index (κ2) is 8.33. The Morgan fingerprint density at radius 2 is 1.90 bits per heavy atom. The van der Waals surface area contributed by atoms with E-state index in [9.17, 15) is 14.9 Å². The molecule has 8 nitrogen and oxygen atoms in total. The molecule has 0 aliphatic heterocycles. The van der Waals surface area contributed by atoms with E-state index in [4.69, 9.17) is 4.74 Å². The number of imidazole rings is 1. The lowest BCUT2D eigenvalue weighted by molar-refractivity contribution is 0.0204. The fourth-order valence-electron chi connectivity index (χ4n) is 3.68. The molecule has 0 saturated heterocycles. The van der Waals surface area contributed by atoms with Crippen LogP contribution in [-0.2, 0) is 4.74 Å². The topological polar surface area (TPSA) is 109 Å². The van der Waals surface area contributed by atoms with Crippen molar-refractivity contribution in [1.82, 2.24) is 14.4 Å². The minimum atomic E-state index is -0.550. The number of anilines is 1. The van der Waals surface area contributed by atoms with Crippen LogP contribution < -0.4 is 5.32 Å². The van der Waals surface area contributed by atoms with Gasteiger partial charge in [-0.05, 0) is 44.7 Å². The predicted octanol–water partition coefficient (Wildman–Crippen LogP) is 3.65. The van der Waals surface area contributed by atoms with Crippen molar-refractivity contribution >= 4 is 23.2 Å². The number of nitrogens with one attached hydrogen (secondary N) is 1. The van der Waals surface area contributed by atoms with Crippen molar-refractivity contribution in [3.05, 3.63) is 59.3 Å². The van der Waals surface area contributed by atoms with Gasteiger partial charge in [-0.3, -0.25) is 9.20 Å². The van der Waals surface area contributed by atoms with E-state index in [-0.39, 0.29) is 23.3 Å². The molecule has 1 N–H and O–H groups in total. The minimum absolute atomic E-state index is 0.0569. The fraction of sp³-hybridized carbons (Fsp3) is 0.318. The number of rotatable bonds is 4. The Morgan fingerprint density at radius 1 is 1.17 bits per heavy atom. The molecule has 152 valence electrons. The molecule has 1 fully saturated rings. The Labute approximate surface area is 173 Å². The van der Waals surface area contributed by atoms with Crippen LogP contribution in [0.2, 0.25) is 0 Å². The molecule has 0 radical (unpaired) electrons. The van der Waals surface area contributed by atoms with Crippen LogP contribution in [0.3, 0.4) is 0 Å². The summed E-state index contributed by atoms with van der Waals surface area (Å²) in [6, 6.07) is 10.7. The van der Waals surface area contributed by atoms with Gasteiger partial charge in [0.15, 0.2) is 17.2 Å². The third-order valence-corrected chi connectivity index (χ3v) is 5.20. The average molecular weight is 403 g/mol. The largest absolute Gasteiger partial charge is 0.458 e. The quantitative estimate of drug-likeness (QED) is 0.666. The second-order valence-corrected chi connectivity index (χ2v) is 7.30.